The Kier molecular flexibility index (Phi) is 8.94. The summed E-state index contributed by atoms with van der Waals surface area (Å²) in [6.07, 6.45) is 11.3. The van der Waals surface area contributed by atoms with Gasteiger partial charge in [-0.05, 0) is 12.3 Å². The van der Waals surface area contributed by atoms with E-state index in [-0.39, 0.29) is 25.7 Å². The van der Waals surface area contributed by atoms with E-state index in [0.717, 1.165) is 12.8 Å². The van der Waals surface area contributed by atoms with Crippen LogP contribution in [-0.4, -0.2) is 27.9 Å². The topological polar surface area (TPSA) is 77.5 Å². The molecular weight excluding hydrogens is 332 g/mol. The van der Waals surface area contributed by atoms with Crippen LogP contribution in [0.15, 0.2) is 21.5 Å². The van der Waals surface area contributed by atoms with Crippen LogP contribution in [-0.2, 0) is 11.5 Å². The van der Waals surface area contributed by atoms with Gasteiger partial charge in [0.2, 0.25) is 5.71 Å². The molecule has 0 aliphatic rings. The van der Waals surface area contributed by atoms with Crippen LogP contribution >= 0.6 is 0 Å². The molecule has 0 fully saturated rings. The quantitative estimate of drug-likeness (QED) is 0.490. The lowest BCUT2D eigenvalue weighted by atomic mass is 10.1. The number of aliphatic hydroxyl groups excluding tert-OH is 1. The Morgan fingerprint density at radius 3 is 2.77 bits per heavy atom. The highest BCUT2D eigenvalue weighted by atomic mass is 16.5. The maximum atomic E-state index is 11.9. The van der Waals surface area contributed by atoms with Gasteiger partial charge in [0.1, 0.15) is 6.73 Å². The highest BCUT2D eigenvalue weighted by Crippen LogP contribution is 2.15. The van der Waals surface area contributed by atoms with E-state index < -0.39 is 5.69 Å². The van der Waals surface area contributed by atoms with Crippen LogP contribution in [0.3, 0.4) is 0 Å². The third kappa shape index (κ3) is 6.66. The number of nitrogens with zero attached hydrogens (tertiary/aromatic N) is 2. The Balaban J connectivity index is 1.84. The molecule has 0 spiro atoms. The molecule has 26 heavy (non-hydrogen) atoms. The fourth-order valence-corrected chi connectivity index (χ4v) is 2.65. The van der Waals surface area contributed by atoms with Gasteiger partial charge in [-0.15, -0.1) is 0 Å². The molecular formula is C20H28N2O4. The van der Waals surface area contributed by atoms with Crippen molar-refractivity contribution < 1.29 is 14.3 Å². The van der Waals surface area contributed by atoms with Gasteiger partial charge in [-0.3, -0.25) is 4.57 Å². The molecule has 2 aromatic heterocycles. The summed E-state index contributed by atoms with van der Waals surface area (Å²) < 4.78 is 12.0. The maximum absolute atomic E-state index is 11.9. The van der Waals surface area contributed by atoms with Gasteiger partial charge in [0.15, 0.2) is 5.76 Å². The van der Waals surface area contributed by atoms with Gasteiger partial charge in [0, 0.05) is 18.7 Å². The van der Waals surface area contributed by atoms with Gasteiger partial charge in [-0.1, -0.05) is 51.4 Å². The number of unbranched alkanes of at least 4 members (excludes halogenated alkanes) is 7. The molecule has 0 bridgehead atoms. The van der Waals surface area contributed by atoms with Crippen molar-refractivity contribution in [1.82, 2.24) is 9.55 Å². The average molecular weight is 360 g/mol. The Bertz CT molecular complexity index is 782. The number of hydrogen-bond donors (Lipinski definition) is 1. The van der Waals surface area contributed by atoms with Crippen LogP contribution < -0.4 is 5.69 Å². The summed E-state index contributed by atoms with van der Waals surface area (Å²) in [6.45, 7) is 2.36. The summed E-state index contributed by atoms with van der Waals surface area (Å²) in [7, 11) is 0. The first-order valence-electron chi connectivity index (χ1n) is 9.43. The van der Waals surface area contributed by atoms with E-state index in [1.54, 1.807) is 12.3 Å². The molecule has 2 aromatic rings. The van der Waals surface area contributed by atoms with Crippen LogP contribution in [0.1, 0.15) is 64.1 Å². The zero-order valence-corrected chi connectivity index (χ0v) is 15.5. The largest absolute Gasteiger partial charge is 0.429 e. The van der Waals surface area contributed by atoms with Crippen molar-refractivity contribution in [2.75, 3.05) is 13.2 Å². The van der Waals surface area contributed by atoms with Crippen molar-refractivity contribution in [3.63, 3.8) is 0 Å². The summed E-state index contributed by atoms with van der Waals surface area (Å²) in [4.78, 5) is 15.8. The van der Waals surface area contributed by atoms with Crippen LogP contribution in [0.25, 0.3) is 11.1 Å². The lowest BCUT2D eigenvalue weighted by Gasteiger charge is -2.04. The third-order valence-corrected chi connectivity index (χ3v) is 4.06. The lowest BCUT2D eigenvalue weighted by Crippen LogP contribution is -2.23. The first-order chi connectivity index (χ1) is 12.7. The molecule has 142 valence electrons. The first-order valence-corrected chi connectivity index (χ1v) is 9.43. The zero-order chi connectivity index (χ0) is 18.6. The molecule has 0 aromatic carbocycles. The van der Waals surface area contributed by atoms with Crippen LogP contribution in [0.5, 0.6) is 0 Å². The van der Waals surface area contributed by atoms with Crippen molar-refractivity contribution in [3.05, 3.63) is 28.5 Å². The molecule has 0 amide bonds. The Morgan fingerprint density at radius 1 is 1.23 bits per heavy atom. The highest BCUT2D eigenvalue weighted by molar-refractivity contribution is 5.73. The number of aromatic nitrogens is 2. The van der Waals surface area contributed by atoms with E-state index in [9.17, 15) is 4.79 Å². The lowest BCUT2D eigenvalue weighted by molar-refractivity contribution is 0.0460. The smallest absolute Gasteiger partial charge is 0.352 e. The summed E-state index contributed by atoms with van der Waals surface area (Å²) >= 11 is 0. The Morgan fingerprint density at radius 2 is 2.00 bits per heavy atom. The Hall–Kier alpha value is -2.10. The molecule has 2 rings (SSSR count). The number of aliphatic hydroxyl groups is 1. The third-order valence-electron chi connectivity index (χ3n) is 4.06. The number of ether oxygens (including phenoxy) is 1. The van der Waals surface area contributed by atoms with Crippen LogP contribution in [0, 0.1) is 11.8 Å². The second-order valence-electron chi connectivity index (χ2n) is 6.30. The molecule has 6 heteroatoms. The van der Waals surface area contributed by atoms with Gasteiger partial charge < -0.3 is 14.3 Å². The predicted octanol–water partition coefficient (Wildman–Crippen LogP) is 3.45. The summed E-state index contributed by atoms with van der Waals surface area (Å²) in [5, 5.41) is 9.42. The van der Waals surface area contributed by atoms with E-state index in [1.165, 1.54) is 43.1 Å². The van der Waals surface area contributed by atoms with Gasteiger partial charge in [0.05, 0.1) is 18.6 Å². The molecule has 6 nitrogen and oxygen atoms in total. The van der Waals surface area contributed by atoms with E-state index in [1.807, 2.05) is 0 Å². The SMILES string of the molecule is CCCCCCCCCC#Cc1cc2cn(COCCO)c(=O)nc2o1. The highest BCUT2D eigenvalue weighted by Gasteiger charge is 2.07. The van der Waals surface area contributed by atoms with Crippen molar-refractivity contribution in [2.45, 2.75) is 65.0 Å². The van der Waals surface area contributed by atoms with Crippen molar-refractivity contribution in [1.29, 1.82) is 0 Å². The summed E-state index contributed by atoms with van der Waals surface area (Å²) in [6, 6.07) is 1.78. The molecule has 0 saturated carbocycles. The predicted molar refractivity (Wildman–Crippen MR) is 101 cm³/mol. The first kappa shape index (κ1) is 20.2. The van der Waals surface area contributed by atoms with Gasteiger partial charge >= 0.3 is 5.69 Å². The van der Waals surface area contributed by atoms with Gasteiger partial charge in [-0.25, -0.2) is 4.79 Å². The fraction of sp³-hybridized carbons (Fsp3) is 0.600. The molecule has 2 heterocycles. The van der Waals surface area contributed by atoms with Crippen molar-refractivity contribution in [3.8, 4) is 11.8 Å². The van der Waals surface area contributed by atoms with Gasteiger partial charge in [-0.2, -0.15) is 4.98 Å². The minimum atomic E-state index is -0.452. The number of furan rings is 1. The molecule has 0 atom stereocenters. The average Bonchev–Trinajstić information content (AvgIpc) is 3.02. The minimum absolute atomic E-state index is 0.0484. The van der Waals surface area contributed by atoms with E-state index in [2.05, 4.69) is 23.7 Å². The van der Waals surface area contributed by atoms with Crippen molar-refractivity contribution >= 4 is 11.1 Å². The zero-order valence-electron chi connectivity index (χ0n) is 15.5. The second-order valence-corrected chi connectivity index (χ2v) is 6.30. The monoisotopic (exact) mass is 360 g/mol. The minimum Gasteiger partial charge on any atom is -0.429 e. The number of rotatable bonds is 11. The van der Waals surface area contributed by atoms with Crippen LogP contribution in [0.4, 0.5) is 0 Å². The molecule has 0 aliphatic heterocycles. The molecule has 0 radical (unpaired) electrons. The van der Waals surface area contributed by atoms with E-state index in [0.29, 0.717) is 11.1 Å². The van der Waals surface area contributed by atoms with Crippen LogP contribution in [0.2, 0.25) is 0 Å². The normalized spacial score (nSPS) is 10.8. The second kappa shape index (κ2) is 11.5. The van der Waals surface area contributed by atoms with E-state index >= 15 is 0 Å². The van der Waals surface area contributed by atoms with E-state index in [4.69, 9.17) is 14.3 Å². The number of fused-ring (bicyclic) bond motifs is 1. The summed E-state index contributed by atoms with van der Waals surface area (Å²) in [5.41, 5.74) is -0.166. The molecule has 0 aliphatic carbocycles. The molecule has 1 N–H and O–H groups in total. The standard InChI is InChI=1S/C20H28N2O4/c1-2-3-4-5-6-7-8-9-10-11-18-14-17-15-22(16-25-13-12-23)20(24)21-19(17)26-18/h14-15,23H,2-9,12-13,16H2,1H3. The van der Waals surface area contributed by atoms with Crippen molar-refractivity contribution in [2.24, 2.45) is 0 Å². The van der Waals surface area contributed by atoms with Gasteiger partial charge in [0.25, 0.3) is 0 Å². The Labute approximate surface area is 154 Å². The molecule has 0 unspecified atom stereocenters. The molecule has 0 saturated heterocycles. The fourth-order valence-electron chi connectivity index (χ4n) is 2.65. The summed E-state index contributed by atoms with van der Waals surface area (Å²) in [5.74, 6) is 6.65. The maximum Gasteiger partial charge on any atom is 0.352 e. The number of hydrogen-bond acceptors (Lipinski definition) is 5.